The van der Waals surface area contributed by atoms with Gasteiger partial charge in [-0.1, -0.05) is 12.1 Å². The van der Waals surface area contributed by atoms with Gasteiger partial charge in [-0.05, 0) is 43.7 Å². The van der Waals surface area contributed by atoms with Crippen molar-refractivity contribution in [1.29, 1.82) is 0 Å². The van der Waals surface area contributed by atoms with Crippen molar-refractivity contribution in [2.75, 3.05) is 24.5 Å². The van der Waals surface area contributed by atoms with Crippen LogP contribution < -0.4 is 31.8 Å². The third-order valence-corrected chi connectivity index (χ3v) is 12.6. The first-order chi connectivity index (χ1) is 33.7. The first-order valence-corrected chi connectivity index (χ1v) is 21.9. The Bertz CT molecular complexity index is 3070. The third kappa shape index (κ3) is 9.43. The summed E-state index contributed by atoms with van der Waals surface area (Å²) in [4.78, 5) is 105. The summed E-state index contributed by atoms with van der Waals surface area (Å²) in [5, 5.41) is 79.5. The summed E-state index contributed by atoms with van der Waals surface area (Å²) in [6, 6.07) is 7.27. The van der Waals surface area contributed by atoms with Gasteiger partial charge >= 0.3 is 11.9 Å². The molecule has 0 radical (unpaired) electrons. The number of carboxylic acid groups (broad SMARTS) is 2. The minimum atomic E-state index is -2.44. The molecule has 1 aliphatic heterocycles. The van der Waals surface area contributed by atoms with Gasteiger partial charge in [-0.25, -0.2) is 20.2 Å². The number of phenolic OH excluding ortho intramolecular Hbond substituents is 2. The second-order valence-electron chi connectivity index (χ2n) is 17.1. The second-order valence-corrected chi connectivity index (χ2v) is 17.1. The molecule has 25 nitrogen and oxygen atoms in total. The number of aliphatic hydroxyl groups excluding tert-OH is 2. The van der Waals surface area contributed by atoms with Gasteiger partial charge in [0.25, 0.3) is 11.5 Å². The number of Topliss-reactive ketones (excluding diaryl/α,β-unsaturated/α-hetero) is 1. The zero-order valence-corrected chi connectivity index (χ0v) is 37.6. The zero-order valence-electron chi connectivity index (χ0n) is 37.6. The lowest BCUT2D eigenvalue weighted by Gasteiger charge is -2.44. The third-order valence-electron chi connectivity index (χ3n) is 12.6. The number of methoxy groups -OCH3 is 1. The number of amides is 1. The molecule has 2 aliphatic carbocycles. The second kappa shape index (κ2) is 19.5. The van der Waals surface area contributed by atoms with Gasteiger partial charge in [-0.3, -0.25) is 33.8 Å². The van der Waals surface area contributed by atoms with E-state index in [1.807, 2.05) is 0 Å². The van der Waals surface area contributed by atoms with Crippen molar-refractivity contribution in [2.24, 2.45) is 0 Å². The standard InChI is InChI=1S/C46H46N8O17/c1-18-36(59)25(53-54(16-20-15-48-41-35(49-20)43(65)52-45(47)51-41)21-8-6-19(7-9-21)42(64)50-24(44(66)67)10-11-29(57)58)12-30(70-18)71-27-14-46(68,28(56)17-55)13-23-32(27)40(63)34-33(38(23)61)37(60)22-4-3-5-26(69-2)31(22)39(34)62/h3-9,15,18,24-25,27,30,36,53,55,59,61,63,68H,10-14,16-17H2,1-2H3,(H,50,64)(H,57,58)(H,66,67)(H3,47,48,51,52,65)/t18?,24-,25?,27-,30?,36?,46-/m0/s1. The lowest BCUT2D eigenvalue weighted by Crippen LogP contribution is -2.58. The molecule has 1 fully saturated rings. The average molecular weight is 983 g/mol. The van der Waals surface area contributed by atoms with Crippen molar-refractivity contribution < 1.29 is 78.7 Å². The smallest absolute Gasteiger partial charge is 0.326 e. The van der Waals surface area contributed by atoms with E-state index in [4.69, 9.17) is 25.1 Å². The maximum absolute atomic E-state index is 14.2. The number of aromatic hydroxyl groups is 2. The summed E-state index contributed by atoms with van der Waals surface area (Å²) in [6.07, 6.45) is -6.54. The number of nitrogens with one attached hydrogen (secondary N) is 3. The highest BCUT2D eigenvalue weighted by molar-refractivity contribution is 6.31. The molecule has 3 aliphatic rings. The normalized spacial score (nSPS) is 21.9. The number of nitrogens with zero attached hydrogens (tertiary/aromatic N) is 4. The Morgan fingerprint density at radius 3 is 2.41 bits per heavy atom. The number of anilines is 2. The molecule has 1 saturated heterocycles. The Morgan fingerprint density at radius 1 is 1.01 bits per heavy atom. The molecule has 372 valence electrons. The molecule has 71 heavy (non-hydrogen) atoms. The number of hydrogen-bond acceptors (Lipinski definition) is 21. The van der Waals surface area contributed by atoms with Gasteiger partial charge in [0.05, 0.1) is 72.3 Å². The number of ether oxygens (including phenoxy) is 3. The van der Waals surface area contributed by atoms with E-state index in [9.17, 15) is 64.2 Å². The molecule has 5 aromatic rings. The predicted molar refractivity (Wildman–Crippen MR) is 241 cm³/mol. The topological polar surface area (TPSA) is 397 Å². The molecule has 12 N–H and O–H groups in total. The van der Waals surface area contributed by atoms with Crippen LogP contribution in [0.4, 0.5) is 11.6 Å². The van der Waals surface area contributed by atoms with E-state index in [0.717, 1.165) is 0 Å². The highest BCUT2D eigenvalue weighted by atomic mass is 16.7. The molecule has 8 rings (SSSR count). The summed E-state index contributed by atoms with van der Waals surface area (Å²) in [5.74, 6) is -8.14. The number of nitrogens with two attached hydrogens (primary N) is 1. The van der Waals surface area contributed by atoms with Crippen LogP contribution in [-0.2, 0) is 36.8 Å². The number of rotatable bonds is 16. The molecule has 3 heterocycles. The van der Waals surface area contributed by atoms with Gasteiger partial charge in [0.2, 0.25) is 11.7 Å². The number of aromatic nitrogens is 4. The lowest BCUT2D eigenvalue weighted by molar-refractivity contribution is -0.250. The van der Waals surface area contributed by atoms with Crippen molar-refractivity contribution in [1.82, 2.24) is 30.7 Å². The van der Waals surface area contributed by atoms with E-state index in [-0.39, 0.29) is 75.8 Å². The largest absolute Gasteiger partial charge is 0.507 e. The van der Waals surface area contributed by atoms with E-state index >= 15 is 0 Å². The summed E-state index contributed by atoms with van der Waals surface area (Å²) in [5.41, 5.74) is 3.93. The molecule has 2 aromatic heterocycles. The maximum atomic E-state index is 14.2. The zero-order chi connectivity index (χ0) is 51.2. The highest BCUT2D eigenvalue weighted by Crippen LogP contribution is 2.52. The van der Waals surface area contributed by atoms with Crippen LogP contribution >= 0.6 is 0 Å². The minimum Gasteiger partial charge on any atom is -0.507 e. The Labute approximate surface area is 399 Å². The van der Waals surface area contributed by atoms with Crippen molar-refractivity contribution >= 4 is 58.0 Å². The van der Waals surface area contributed by atoms with E-state index in [1.165, 1.54) is 67.7 Å². The van der Waals surface area contributed by atoms with Crippen molar-refractivity contribution in [3.63, 3.8) is 0 Å². The first kappa shape index (κ1) is 49.5. The van der Waals surface area contributed by atoms with Crippen LogP contribution in [0.2, 0.25) is 0 Å². The number of hydrogen-bond donors (Lipinski definition) is 11. The summed E-state index contributed by atoms with van der Waals surface area (Å²) < 4.78 is 17.8. The lowest BCUT2D eigenvalue weighted by atomic mass is 9.72. The van der Waals surface area contributed by atoms with Crippen LogP contribution in [0.3, 0.4) is 0 Å². The maximum Gasteiger partial charge on any atom is 0.326 e. The molecule has 0 saturated carbocycles. The molecule has 3 aromatic carbocycles. The van der Waals surface area contributed by atoms with Gasteiger partial charge in [0.15, 0.2) is 29.0 Å². The van der Waals surface area contributed by atoms with Crippen LogP contribution in [0.25, 0.3) is 11.2 Å². The number of aliphatic carboxylic acids is 2. The molecule has 25 heteroatoms. The number of benzene rings is 3. The van der Waals surface area contributed by atoms with Crippen LogP contribution in [-0.4, -0.2) is 141 Å². The van der Waals surface area contributed by atoms with Crippen molar-refractivity contribution in [3.05, 3.63) is 104 Å². The van der Waals surface area contributed by atoms with E-state index < -0.39 is 132 Å². The van der Waals surface area contributed by atoms with Gasteiger partial charge in [0, 0.05) is 47.9 Å². The number of aromatic amines is 1. The number of phenols is 2. The molecule has 0 spiro atoms. The fraction of sp³-hybridized carbons (Fsp3) is 0.348. The number of fused-ring (bicyclic) bond motifs is 4. The average Bonchev–Trinajstić information content (AvgIpc) is 3.33. The van der Waals surface area contributed by atoms with Gasteiger partial charge < -0.3 is 66.0 Å². The highest BCUT2D eigenvalue weighted by Gasteiger charge is 2.50. The van der Waals surface area contributed by atoms with Gasteiger partial charge in [0.1, 0.15) is 35.5 Å². The summed E-state index contributed by atoms with van der Waals surface area (Å²) in [7, 11) is 1.28. The Hall–Kier alpha value is -7.94. The Balaban J connectivity index is 1.13. The number of carbonyl (C=O) groups is 6. The molecule has 7 atom stereocenters. The predicted octanol–water partition coefficient (Wildman–Crippen LogP) is -0.0895. The van der Waals surface area contributed by atoms with Crippen LogP contribution in [0, 0.1) is 0 Å². The summed E-state index contributed by atoms with van der Waals surface area (Å²) >= 11 is 0. The van der Waals surface area contributed by atoms with E-state index in [2.05, 4.69) is 30.7 Å². The Morgan fingerprint density at radius 2 is 1.73 bits per heavy atom. The first-order valence-electron chi connectivity index (χ1n) is 21.9. The number of H-pyrrole nitrogens is 1. The number of hydrazine groups is 1. The quantitative estimate of drug-likeness (QED) is 0.0446. The molecule has 4 unspecified atom stereocenters. The monoisotopic (exact) mass is 982 g/mol. The number of carboxylic acids is 2. The van der Waals surface area contributed by atoms with Crippen LogP contribution in [0.5, 0.6) is 17.2 Å². The van der Waals surface area contributed by atoms with Crippen molar-refractivity contribution in [3.8, 4) is 17.2 Å². The van der Waals surface area contributed by atoms with Crippen LogP contribution in [0.15, 0.2) is 53.5 Å². The van der Waals surface area contributed by atoms with Crippen LogP contribution in [0.1, 0.15) is 97.7 Å². The SMILES string of the molecule is COc1cccc2c1C(=O)c1c(O)c3c(c(O)c1C2=O)C[C@@](O)(C(=O)CO)C[C@@H]3OC1CC(NN(Cc2cnc3nc(N)[nH]c(=O)c3n2)c2ccc(C(=O)N[C@@H](CCC(=O)O)C(=O)O)cc2)C(O)C(C)O1. The van der Waals surface area contributed by atoms with E-state index in [1.54, 1.807) is 0 Å². The summed E-state index contributed by atoms with van der Waals surface area (Å²) in [6.45, 7) is 0.153. The van der Waals surface area contributed by atoms with Crippen molar-refractivity contribution in [2.45, 2.75) is 87.9 Å². The molecule has 0 bridgehead atoms. The molecular formula is C46H46N8O17. The van der Waals surface area contributed by atoms with E-state index in [0.29, 0.717) is 5.69 Å². The Kier molecular flexibility index (Phi) is 13.6. The van der Waals surface area contributed by atoms with Gasteiger partial charge in [-0.15, -0.1) is 0 Å². The number of aliphatic hydroxyl groups is 3. The fourth-order valence-electron chi connectivity index (χ4n) is 9.02. The van der Waals surface area contributed by atoms with Gasteiger partial charge in [-0.2, -0.15) is 4.98 Å². The fourth-order valence-corrected chi connectivity index (χ4v) is 9.02. The molecule has 1 amide bonds. The molecular weight excluding hydrogens is 937 g/mol. The number of carbonyl (C=O) groups excluding carboxylic acids is 4. The number of nitrogen functional groups attached to an aromatic ring is 1. The number of ketones is 3. The minimum absolute atomic E-state index is 0.0124.